The van der Waals surface area contributed by atoms with Crippen LogP contribution in [0.4, 0.5) is 0 Å². The standard InChI is InChI=1S/C12H15NO2S/c14-12(9-6-13-15-7-9)8-4-10-2-1-3-11(5-8)16-10/h6-8,10-11H,1-5H2. The molecule has 16 heavy (non-hydrogen) atoms. The quantitative estimate of drug-likeness (QED) is 0.742. The van der Waals surface area contributed by atoms with Crippen molar-refractivity contribution in [2.45, 2.75) is 42.6 Å². The van der Waals surface area contributed by atoms with Gasteiger partial charge in [0.05, 0.1) is 11.8 Å². The summed E-state index contributed by atoms with van der Waals surface area (Å²) in [7, 11) is 0. The maximum Gasteiger partial charge on any atom is 0.170 e. The molecule has 86 valence electrons. The Morgan fingerprint density at radius 3 is 2.75 bits per heavy atom. The minimum Gasteiger partial charge on any atom is -0.364 e. The van der Waals surface area contributed by atoms with Crippen LogP contribution in [0.2, 0.25) is 0 Å². The predicted octanol–water partition coefficient (Wildman–Crippen LogP) is 2.92. The summed E-state index contributed by atoms with van der Waals surface area (Å²) >= 11 is 2.10. The zero-order valence-corrected chi connectivity index (χ0v) is 9.91. The first kappa shape index (κ1) is 10.4. The van der Waals surface area contributed by atoms with Crippen molar-refractivity contribution in [1.29, 1.82) is 0 Å². The summed E-state index contributed by atoms with van der Waals surface area (Å²) in [5, 5.41) is 5.03. The van der Waals surface area contributed by atoms with Crippen molar-refractivity contribution in [1.82, 2.24) is 5.16 Å². The fourth-order valence-corrected chi connectivity index (χ4v) is 4.67. The van der Waals surface area contributed by atoms with Crippen LogP contribution in [0.5, 0.6) is 0 Å². The summed E-state index contributed by atoms with van der Waals surface area (Å²) in [6.07, 6.45) is 9.02. The van der Waals surface area contributed by atoms with Gasteiger partial charge in [-0.3, -0.25) is 4.79 Å². The lowest BCUT2D eigenvalue weighted by Gasteiger charge is -2.37. The first-order valence-corrected chi connectivity index (χ1v) is 6.86. The number of Topliss-reactive ketones (excluding diaryl/α,β-unsaturated/α-hetero) is 1. The van der Waals surface area contributed by atoms with Gasteiger partial charge in [0, 0.05) is 16.4 Å². The average Bonchev–Trinajstić information content (AvgIpc) is 2.81. The Hall–Kier alpha value is -0.770. The molecule has 0 radical (unpaired) electrons. The van der Waals surface area contributed by atoms with Gasteiger partial charge in [-0.05, 0) is 25.7 Å². The van der Waals surface area contributed by atoms with Gasteiger partial charge < -0.3 is 4.52 Å². The molecule has 2 aliphatic heterocycles. The van der Waals surface area contributed by atoms with E-state index in [1.165, 1.54) is 25.5 Å². The summed E-state index contributed by atoms with van der Waals surface area (Å²) in [5.74, 6) is 0.439. The predicted molar refractivity (Wildman–Crippen MR) is 62.6 cm³/mol. The molecule has 3 rings (SSSR count). The van der Waals surface area contributed by atoms with Gasteiger partial charge in [0.2, 0.25) is 0 Å². The fraction of sp³-hybridized carbons (Fsp3) is 0.667. The zero-order chi connectivity index (χ0) is 11.0. The molecule has 3 heterocycles. The molecule has 2 fully saturated rings. The molecule has 2 atom stereocenters. The van der Waals surface area contributed by atoms with Crippen molar-refractivity contribution in [3.8, 4) is 0 Å². The monoisotopic (exact) mass is 237 g/mol. The first-order chi connectivity index (χ1) is 7.83. The number of nitrogens with zero attached hydrogens (tertiary/aromatic N) is 1. The molecule has 0 spiro atoms. The van der Waals surface area contributed by atoms with Gasteiger partial charge in [0.25, 0.3) is 0 Å². The lowest BCUT2D eigenvalue weighted by atomic mass is 9.85. The van der Waals surface area contributed by atoms with Crippen molar-refractivity contribution < 1.29 is 9.32 Å². The third kappa shape index (κ3) is 1.90. The third-order valence-electron chi connectivity index (χ3n) is 3.62. The topological polar surface area (TPSA) is 43.1 Å². The van der Waals surface area contributed by atoms with E-state index in [4.69, 9.17) is 4.52 Å². The average molecular weight is 237 g/mol. The highest BCUT2D eigenvalue weighted by molar-refractivity contribution is 8.00. The van der Waals surface area contributed by atoms with Crippen LogP contribution in [0, 0.1) is 5.92 Å². The molecule has 3 nitrogen and oxygen atoms in total. The SMILES string of the molecule is O=C(c1cnoc1)C1CC2CCCC(C1)S2. The molecular formula is C12H15NO2S. The molecule has 1 aromatic heterocycles. The molecule has 2 unspecified atom stereocenters. The second-order valence-electron chi connectivity index (χ2n) is 4.76. The zero-order valence-electron chi connectivity index (χ0n) is 9.09. The van der Waals surface area contributed by atoms with Crippen LogP contribution < -0.4 is 0 Å². The van der Waals surface area contributed by atoms with Crippen LogP contribution in [0.1, 0.15) is 42.5 Å². The van der Waals surface area contributed by atoms with Gasteiger partial charge in [-0.2, -0.15) is 11.8 Å². The van der Waals surface area contributed by atoms with Gasteiger partial charge in [-0.25, -0.2) is 0 Å². The van der Waals surface area contributed by atoms with Crippen LogP contribution in [0.3, 0.4) is 0 Å². The molecule has 0 N–H and O–H groups in total. The number of carbonyl (C=O) groups excluding carboxylic acids is 1. The van der Waals surface area contributed by atoms with Crippen LogP contribution in [-0.4, -0.2) is 21.4 Å². The van der Waals surface area contributed by atoms with Gasteiger partial charge in [-0.15, -0.1) is 0 Å². The second kappa shape index (κ2) is 4.24. The third-order valence-corrected chi connectivity index (χ3v) is 5.25. The number of thioether (sulfide) groups is 1. The Balaban J connectivity index is 1.73. The maximum absolute atomic E-state index is 12.2. The van der Waals surface area contributed by atoms with Gasteiger partial charge in [0.15, 0.2) is 5.78 Å². The number of carbonyl (C=O) groups is 1. The minimum absolute atomic E-state index is 0.205. The van der Waals surface area contributed by atoms with Crippen LogP contribution in [0.15, 0.2) is 17.0 Å². The number of hydrogen-bond acceptors (Lipinski definition) is 4. The first-order valence-electron chi connectivity index (χ1n) is 5.92. The van der Waals surface area contributed by atoms with Crippen molar-refractivity contribution >= 4 is 17.5 Å². The van der Waals surface area contributed by atoms with E-state index >= 15 is 0 Å². The number of aromatic nitrogens is 1. The lowest BCUT2D eigenvalue weighted by molar-refractivity contribution is 0.0896. The van der Waals surface area contributed by atoms with Crippen LogP contribution >= 0.6 is 11.8 Å². The second-order valence-corrected chi connectivity index (χ2v) is 6.36. The molecule has 0 saturated carbocycles. The molecular weight excluding hydrogens is 222 g/mol. The van der Waals surface area contributed by atoms with E-state index in [1.54, 1.807) is 6.20 Å². The van der Waals surface area contributed by atoms with Gasteiger partial charge in [-0.1, -0.05) is 11.6 Å². The summed E-state index contributed by atoms with van der Waals surface area (Å²) in [5.41, 5.74) is 0.648. The Labute approximate surface area is 99.0 Å². The van der Waals surface area contributed by atoms with E-state index in [9.17, 15) is 4.79 Å². The van der Waals surface area contributed by atoms with Crippen molar-refractivity contribution in [3.05, 3.63) is 18.0 Å². The Morgan fingerprint density at radius 1 is 1.38 bits per heavy atom. The molecule has 2 aliphatic rings. The Morgan fingerprint density at radius 2 is 2.12 bits per heavy atom. The highest BCUT2D eigenvalue weighted by atomic mass is 32.2. The van der Waals surface area contributed by atoms with Gasteiger partial charge in [0.1, 0.15) is 6.26 Å². The van der Waals surface area contributed by atoms with Crippen molar-refractivity contribution in [2.24, 2.45) is 5.92 Å². The molecule has 0 amide bonds. The van der Waals surface area contributed by atoms with E-state index in [0.29, 0.717) is 16.1 Å². The van der Waals surface area contributed by atoms with E-state index in [-0.39, 0.29) is 11.7 Å². The summed E-state index contributed by atoms with van der Waals surface area (Å²) in [6.45, 7) is 0. The van der Waals surface area contributed by atoms with Crippen molar-refractivity contribution in [2.75, 3.05) is 0 Å². The molecule has 2 bridgehead atoms. The maximum atomic E-state index is 12.2. The van der Waals surface area contributed by atoms with Crippen molar-refractivity contribution in [3.63, 3.8) is 0 Å². The number of rotatable bonds is 2. The summed E-state index contributed by atoms with van der Waals surface area (Å²) in [4.78, 5) is 12.2. The number of fused-ring (bicyclic) bond motifs is 2. The lowest BCUT2D eigenvalue weighted by Crippen LogP contribution is -2.32. The van der Waals surface area contributed by atoms with Crippen LogP contribution in [0.25, 0.3) is 0 Å². The Kier molecular flexibility index (Phi) is 2.75. The Bertz CT molecular complexity index is 364. The normalized spacial score (nSPS) is 33.6. The fourth-order valence-electron chi connectivity index (χ4n) is 2.84. The molecule has 0 aromatic carbocycles. The molecule has 0 aliphatic carbocycles. The van der Waals surface area contributed by atoms with Crippen LogP contribution in [-0.2, 0) is 0 Å². The number of ketones is 1. The van der Waals surface area contributed by atoms with Gasteiger partial charge >= 0.3 is 0 Å². The summed E-state index contributed by atoms with van der Waals surface area (Å²) < 4.78 is 4.74. The highest BCUT2D eigenvalue weighted by Gasteiger charge is 2.36. The number of hydrogen-bond donors (Lipinski definition) is 0. The van der Waals surface area contributed by atoms with E-state index < -0.39 is 0 Å². The molecule has 2 saturated heterocycles. The van der Waals surface area contributed by atoms with E-state index in [1.807, 2.05) is 0 Å². The van der Waals surface area contributed by atoms with E-state index in [2.05, 4.69) is 16.9 Å². The molecule has 1 aromatic rings. The highest BCUT2D eigenvalue weighted by Crippen LogP contribution is 2.44. The summed E-state index contributed by atoms with van der Waals surface area (Å²) in [6, 6.07) is 0. The molecule has 4 heteroatoms. The smallest absolute Gasteiger partial charge is 0.170 e. The minimum atomic E-state index is 0.205. The van der Waals surface area contributed by atoms with E-state index in [0.717, 1.165) is 12.8 Å². The largest absolute Gasteiger partial charge is 0.364 e.